The van der Waals surface area contributed by atoms with E-state index >= 15 is 0 Å². The Bertz CT molecular complexity index is 979. The molecule has 0 N–H and O–H groups in total. The van der Waals surface area contributed by atoms with Gasteiger partial charge in [0.05, 0.1) is 6.61 Å². The molecule has 0 bridgehead atoms. The van der Waals surface area contributed by atoms with Gasteiger partial charge in [-0.05, 0) is 59.7 Å². The van der Waals surface area contributed by atoms with Crippen LogP contribution in [0.25, 0.3) is 22.3 Å². The molecule has 0 amide bonds. The van der Waals surface area contributed by atoms with Crippen molar-refractivity contribution in [2.45, 2.75) is 65.2 Å². The van der Waals surface area contributed by atoms with Crippen molar-refractivity contribution >= 4 is 0 Å². The van der Waals surface area contributed by atoms with Crippen LogP contribution in [0, 0.1) is 11.6 Å². The summed E-state index contributed by atoms with van der Waals surface area (Å²) in [4.78, 5) is 0. The van der Waals surface area contributed by atoms with E-state index in [4.69, 9.17) is 4.74 Å². The zero-order valence-corrected chi connectivity index (χ0v) is 19.3. The van der Waals surface area contributed by atoms with Crippen LogP contribution in [-0.2, 0) is 6.42 Å². The molecule has 0 radical (unpaired) electrons. The maximum Gasteiger partial charge on any atom is 0.165 e. The molecule has 0 fully saturated rings. The lowest BCUT2D eigenvalue weighted by Crippen LogP contribution is -1.99. The van der Waals surface area contributed by atoms with Crippen molar-refractivity contribution < 1.29 is 13.5 Å². The van der Waals surface area contributed by atoms with Crippen molar-refractivity contribution in [3.8, 4) is 28.0 Å². The second kappa shape index (κ2) is 12.4. The quantitative estimate of drug-likeness (QED) is 0.257. The lowest BCUT2D eigenvalue weighted by Gasteiger charge is -2.11. The molecule has 0 aromatic heterocycles. The molecule has 0 saturated heterocycles. The summed E-state index contributed by atoms with van der Waals surface area (Å²) in [6.45, 7) is 4.85. The molecule has 0 spiro atoms. The maximum absolute atomic E-state index is 14.9. The Hall–Kier alpha value is -2.68. The Morgan fingerprint density at radius 3 is 1.97 bits per heavy atom. The number of hydrogen-bond acceptors (Lipinski definition) is 1. The first-order valence-electron chi connectivity index (χ1n) is 11.9. The van der Waals surface area contributed by atoms with Crippen LogP contribution in [-0.4, -0.2) is 6.61 Å². The fourth-order valence-electron chi connectivity index (χ4n) is 3.87. The Kier molecular flexibility index (Phi) is 9.27. The van der Waals surface area contributed by atoms with Crippen LogP contribution >= 0.6 is 0 Å². The molecule has 3 heteroatoms. The summed E-state index contributed by atoms with van der Waals surface area (Å²) in [6, 6.07) is 18.1. The molecule has 170 valence electrons. The highest BCUT2D eigenvalue weighted by Gasteiger charge is 2.11. The summed E-state index contributed by atoms with van der Waals surface area (Å²) in [5.41, 5.74) is 4.00. The summed E-state index contributed by atoms with van der Waals surface area (Å²) in [7, 11) is 0. The van der Waals surface area contributed by atoms with Gasteiger partial charge < -0.3 is 4.74 Å². The first-order chi connectivity index (χ1) is 15.6. The fourth-order valence-corrected chi connectivity index (χ4v) is 3.87. The topological polar surface area (TPSA) is 9.23 Å². The SMILES string of the molecule is CCCCCCOc1ccc(-c2ccc(-c3ccc(CCCCC)cc3)cc2F)cc1F. The number of ether oxygens (including phenoxy) is 1. The highest BCUT2D eigenvalue weighted by Crippen LogP contribution is 2.31. The third kappa shape index (κ3) is 6.66. The van der Waals surface area contributed by atoms with E-state index < -0.39 is 5.82 Å². The Balaban J connectivity index is 1.67. The van der Waals surface area contributed by atoms with Crippen molar-refractivity contribution in [1.82, 2.24) is 0 Å². The lowest BCUT2D eigenvalue weighted by atomic mass is 9.98. The van der Waals surface area contributed by atoms with Crippen LogP contribution in [0.5, 0.6) is 5.75 Å². The predicted octanol–water partition coefficient (Wildman–Crippen LogP) is 8.99. The van der Waals surface area contributed by atoms with Gasteiger partial charge in [0.2, 0.25) is 0 Å². The van der Waals surface area contributed by atoms with Gasteiger partial charge in [-0.3, -0.25) is 0 Å². The molecule has 0 atom stereocenters. The first kappa shape index (κ1) is 24.0. The van der Waals surface area contributed by atoms with Gasteiger partial charge in [0.15, 0.2) is 11.6 Å². The van der Waals surface area contributed by atoms with E-state index in [-0.39, 0.29) is 11.6 Å². The molecule has 0 aliphatic heterocycles. The Morgan fingerprint density at radius 1 is 0.625 bits per heavy atom. The molecular formula is C29H34F2O. The minimum atomic E-state index is -0.458. The molecule has 0 aliphatic carbocycles. The van der Waals surface area contributed by atoms with E-state index in [2.05, 4.69) is 26.0 Å². The van der Waals surface area contributed by atoms with Gasteiger partial charge in [-0.15, -0.1) is 0 Å². The van der Waals surface area contributed by atoms with Crippen LogP contribution in [0.1, 0.15) is 64.4 Å². The van der Waals surface area contributed by atoms with Gasteiger partial charge in [0, 0.05) is 5.56 Å². The number of aryl methyl sites for hydroxylation is 1. The average Bonchev–Trinajstić information content (AvgIpc) is 2.80. The van der Waals surface area contributed by atoms with Gasteiger partial charge in [-0.1, -0.05) is 88.4 Å². The number of halogens is 2. The summed E-state index contributed by atoms with van der Waals surface area (Å²) in [5.74, 6) is -0.594. The van der Waals surface area contributed by atoms with Crippen molar-refractivity contribution in [3.05, 3.63) is 77.9 Å². The second-order valence-corrected chi connectivity index (χ2v) is 8.40. The van der Waals surface area contributed by atoms with Crippen LogP contribution in [0.4, 0.5) is 8.78 Å². The normalized spacial score (nSPS) is 11.0. The summed E-state index contributed by atoms with van der Waals surface area (Å²) < 4.78 is 34.9. The Morgan fingerprint density at radius 2 is 1.28 bits per heavy atom. The third-order valence-corrected chi connectivity index (χ3v) is 5.82. The number of unbranched alkanes of at least 4 members (excludes halogenated alkanes) is 5. The van der Waals surface area contributed by atoms with Gasteiger partial charge in [0.25, 0.3) is 0 Å². The van der Waals surface area contributed by atoms with Gasteiger partial charge in [-0.25, -0.2) is 8.78 Å². The molecule has 0 unspecified atom stereocenters. The van der Waals surface area contributed by atoms with Gasteiger partial charge in [-0.2, -0.15) is 0 Å². The second-order valence-electron chi connectivity index (χ2n) is 8.40. The highest BCUT2D eigenvalue weighted by molar-refractivity contribution is 5.71. The molecule has 1 nitrogen and oxygen atoms in total. The molecular weight excluding hydrogens is 402 g/mol. The maximum atomic E-state index is 14.9. The van der Waals surface area contributed by atoms with E-state index in [0.717, 1.165) is 43.2 Å². The molecule has 0 aliphatic rings. The van der Waals surface area contributed by atoms with Crippen LogP contribution in [0.2, 0.25) is 0 Å². The summed E-state index contributed by atoms with van der Waals surface area (Å²) in [5, 5.41) is 0. The molecule has 3 aromatic rings. The van der Waals surface area contributed by atoms with Crippen molar-refractivity contribution in [3.63, 3.8) is 0 Å². The monoisotopic (exact) mass is 436 g/mol. The average molecular weight is 437 g/mol. The Labute approximate surface area is 191 Å². The molecule has 0 heterocycles. The van der Waals surface area contributed by atoms with E-state index in [9.17, 15) is 8.78 Å². The zero-order chi connectivity index (χ0) is 22.8. The van der Waals surface area contributed by atoms with E-state index in [1.165, 1.54) is 37.0 Å². The summed E-state index contributed by atoms with van der Waals surface area (Å²) in [6.07, 6.45) is 9.01. The highest BCUT2D eigenvalue weighted by atomic mass is 19.1. The third-order valence-electron chi connectivity index (χ3n) is 5.82. The minimum absolute atomic E-state index is 0.223. The number of hydrogen-bond donors (Lipinski definition) is 0. The first-order valence-corrected chi connectivity index (χ1v) is 11.9. The van der Waals surface area contributed by atoms with Crippen molar-refractivity contribution in [2.24, 2.45) is 0 Å². The van der Waals surface area contributed by atoms with E-state index in [1.807, 2.05) is 18.2 Å². The smallest absolute Gasteiger partial charge is 0.165 e. The molecule has 3 rings (SSSR count). The molecule has 3 aromatic carbocycles. The van der Waals surface area contributed by atoms with E-state index in [0.29, 0.717) is 17.7 Å². The predicted molar refractivity (Wildman–Crippen MR) is 130 cm³/mol. The number of benzene rings is 3. The fraction of sp³-hybridized carbons (Fsp3) is 0.379. The van der Waals surface area contributed by atoms with Gasteiger partial charge >= 0.3 is 0 Å². The van der Waals surface area contributed by atoms with Crippen LogP contribution in [0.3, 0.4) is 0 Å². The number of rotatable bonds is 12. The van der Waals surface area contributed by atoms with Crippen molar-refractivity contribution in [2.75, 3.05) is 6.61 Å². The minimum Gasteiger partial charge on any atom is -0.491 e. The standard InChI is InChI=1S/C29H34F2O/c1-3-5-7-9-19-32-29-18-16-25(21-28(29)31)26-17-15-24(20-27(26)30)23-13-11-22(12-14-23)10-8-6-4-2/h11-18,20-21H,3-10,19H2,1-2H3. The zero-order valence-electron chi connectivity index (χ0n) is 19.3. The van der Waals surface area contributed by atoms with E-state index in [1.54, 1.807) is 18.2 Å². The molecule has 32 heavy (non-hydrogen) atoms. The van der Waals surface area contributed by atoms with Crippen LogP contribution in [0.15, 0.2) is 60.7 Å². The van der Waals surface area contributed by atoms with Crippen molar-refractivity contribution in [1.29, 1.82) is 0 Å². The lowest BCUT2D eigenvalue weighted by molar-refractivity contribution is 0.290. The van der Waals surface area contributed by atoms with Gasteiger partial charge in [0.1, 0.15) is 5.82 Å². The largest absolute Gasteiger partial charge is 0.491 e. The molecule has 0 saturated carbocycles. The van der Waals surface area contributed by atoms with Crippen LogP contribution < -0.4 is 4.74 Å². The summed E-state index contributed by atoms with van der Waals surface area (Å²) >= 11 is 0.